The number of rotatable bonds is 7. The van der Waals surface area contributed by atoms with Gasteiger partial charge >= 0.3 is 0 Å². The molecule has 0 saturated carbocycles. The first-order valence-electron chi connectivity index (χ1n) is 23.6. The lowest BCUT2D eigenvalue weighted by Gasteiger charge is -2.12. The summed E-state index contributed by atoms with van der Waals surface area (Å²) in [5.41, 5.74) is 16.9. The summed E-state index contributed by atoms with van der Waals surface area (Å²) >= 11 is 0. The summed E-state index contributed by atoms with van der Waals surface area (Å²) in [5, 5.41) is 6.91. The minimum Gasteiger partial charge on any atom is -0.309 e. The molecule has 0 aliphatic rings. The normalized spacial score (nSPS) is 11.7. The highest BCUT2D eigenvalue weighted by atomic mass is 15.0. The Hall–Kier alpha value is -9.52. The van der Waals surface area contributed by atoms with E-state index in [-0.39, 0.29) is 0 Å². The van der Waals surface area contributed by atoms with Gasteiger partial charge in [0.25, 0.3) is 0 Å². The van der Waals surface area contributed by atoms with Crippen LogP contribution in [0.3, 0.4) is 0 Å². The number of benzene rings is 10. The fourth-order valence-electron chi connectivity index (χ4n) is 10.4. The summed E-state index contributed by atoms with van der Waals surface area (Å²) < 4.78 is 4.73. The Bertz CT molecular complexity index is 4040. The van der Waals surface area contributed by atoms with Crippen molar-refractivity contribution in [2.75, 3.05) is 0 Å². The van der Waals surface area contributed by atoms with E-state index in [2.05, 4.69) is 215 Å². The van der Waals surface area contributed by atoms with Crippen LogP contribution in [0.4, 0.5) is 0 Å². The summed E-state index contributed by atoms with van der Waals surface area (Å²) in [7, 11) is 0. The van der Waals surface area contributed by atoms with Crippen LogP contribution in [0.15, 0.2) is 243 Å². The summed E-state index contributed by atoms with van der Waals surface area (Å²) in [4.78, 5) is 20.3. The quantitative estimate of drug-likeness (QED) is 0.160. The number of nitrogens with zero attached hydrogens (tertiary/aromatic N) is 6. The van der Waals surface area contributed by atoms with Crippen molar-refractivity contribution in [3.05, 3.63) is 243 Å². The molecule has 14 rings (SSSR count). The third-order valence-corrected chi connectivity index (χ3v) is 13.7. The highest BCUT2D eigenvalue weighted by molar-refractivity contribution is 6.13. The molecule has 6 nitrogen and oxygen atoms in total. The van der Waals surface area contributed by atoms with Gasteiger partial charge in [-0.1, -0.05) is 146 Å². The molecule has 4 aromatic heterocycles. The van der Waals surface area contributed by atoms with E-state index in [0.717, 1.165) is 88.9 Å². The number of aromatic nitrogens is 6. The van der Waals surface area contributed by atoms with E-state index in [4.69, 9.17) is 19.9 Å². The van der Waals surface area contributed by atoms with Crippen LogP contribution in [0.2, 0.25) is 0 Å². The Morgan fingerprint density at radius 1 is 0.229 bits per heavy atom. The van der Waals surface area contributed by atoms with E-state index < -0.39 is 0 Å². The lowest BCUT2D eigenvalue weighted by Crippen LogP contribution is -1.97. The Kier molecular flexibility index (Phi) is 9.10. The molecule has 6 heteroatoms. The molecule has 70 heavy (non-hydrogen) atoms. The molecule has 4 heterocycles. The van der Waals surface area contributed by atoms with Crippen molar-refractivity contribution in [3.8, 4) is 67.8 Å². The van der Waals surface area contributed by atoms with Gasteiger partial charge in [0, 0.05) is 65.9 Å². The van der Waals surface area contributed by atoms with Crippen LogP contribution in [0, 0.1) is 0 Å². The minimum atomic E-state index is 0.707. The van der Waals surface area contributed by atoms with Crippen molar-refractivity contribution in [3.63, 3.8) is 0 Å². The maximum absolute atomic E-state index is 5.13. The highest BCUT2D eigenvalue weighted by Gasteiger charge is 2.18. The molecule has 326 valence electrons. The fourth-order valence-corrected chi connectivity index (χ4v) is 10.4. The second-order valence-corrected chi connectivity index (χ2v) is 17.8. The minimum absolute atomic E-state index is 0.707. The maximum atomic E-state index is 5.13. The zero-order valence-electron chi connectivity index (χ0n) is 37.8. The third kappa shape index (κ3) is 6.49. The van der Waals surface area contributed by atoms with E-state index >= 15 is 0 Å². The van der Waals surface area contributed by atoms with E-state index in [1.807, 2.05) is 36.4 Å². The van der Waals surface area contributed by atoms with Crippen LogP contribution in [0.25, 0.3) is 133 Å². The second kappa shape index (κ2) is 16.1. The van der Waals surface area contributed by atoms with Gasteiger partial charge in [0.15, 0.2) is 11.6 Å². The van der Waals surface area contributed by atoms with Gasteiger partial charge in [0.1, 0.15) is 0 Å². The van der Waals surface area contributed by atoms with Crippen molar-refractivity contribution in [1.29, 1.82) is 0 Å². The first-order chi connectivity index (χ1) is 34.7. The predicted molar refractivity (Wildman–Crippen MR) is 288 cm³/mol. The molecule has 0 aliphatic carbocycles. The van der Waals surface area contributed by atoms with Crippen molar-refractivity contribution in [1.82, 2.24) is 29.1 Å². The molecular formula is C64H40N6. The van der Waals surface area contributed by atoms with E-state index in [1.54, 1.807) is 0 Å². The highest BCUT2D eigenvalue weighted by Crippen LogP contribution is 2.39. The van der Waals surface area contributed by atoms with Crippen LogP contribution >= 0.6 is 0 Å². The fraction of sp³-hybridized carbons (Fsp3) is 0. The Balaban J connectivity index is 0.823. The van der Waals surface area contributed by atoms with Crippen LogP contribution < -0.4 is 0 Å². The van der Waals surface area contributed by atoms with Gasteiger partial charge in [-0.3, -0.25) is 0 Å². The molecule has 0 spiro atoms. The van der Waals surface area contributed by atoms with Crippen LogP contribution in [0.1, 0.15) is 0 Å². The standard InChI is InChI=1S/C64H40N6/c1-3-15-41(16-4-1)61-51-21-7-11-23-55(51)65-63(67-61)43-27-33-47(34-28-43)69-57-25-13-9-19-49(57)53-39-45(31-37-59(53)69)46-32-38-60-54(40-46)50-20-10-14-26-58(50)70(60)48-35-29-44(30-36-48)64-66-56-24-12-8-22-52(56)62(68-64)42-17-5-2-6-18-42/h1-40H. The summed E-state index contributed by atoms with van der Waals surface area (Å²) in [6.45, 7) is 0. The number of hydrogen-bond acceptors (Lipinski definition) is 4. The first-order valence-corrected chi connectivity index (χ1v) is 23.6. The van der Waals surface area contributed by atoms with E-state index in [1.165, 1.54) is 32.7 Å². The molecule has 0 bridgehead atoms. The van der Waals surface area contributed by atoms with E-state index in [9.17, 15) is 0 Å². The smallest absolute Gasteiger partial charge is 0.160 e. The lowest BCUT2D eigenvalue weighted by atomic mass is 10.0. The summed E-state index contributed by atoms with van der Waals surface area (Å²) in [6.07, 6.45) is 0. The molecule has 0 amide bonds. The molecule has 0 fully saturated rings. The second-order valence-electron chi connectivity index (χ2n) is 17.8. The third-order valence-electron chi connectivity index (χ3n) is 13.7. The van der Waals surface area contributed by atoms with Gasteiger partial charge in [-0.05, 0) is 108 Å². The average Bonchev–Trinajstić information content (AvgIpc) is 3.95. The maximum Gasteiger partial charge on any atom is 0.160 e. The van der Waals surface area contributed by atoms with Crippen LogP contribution in [0.5, 0.6) is 0 Å². The summed E-state index contributed by atoms with van der Waals surface area (Å²) in [5.74, 6) is 1.41. The summed E-state index contributed by atoms with van der Waals surface area (Å²) in [6, 6.07) is 85.7. The Morgan fingerprint density at radius 3 is 1.00 bits per heavy atom. The number of para-hydroxylation sites is 4. The largest absolute Gasteiger partial charge is 0.309 e. The molecule has 0 N–H and O–H groups in total. The van der Waals surface area contributed by atoms with Gasteiger partial charge in [-0.2, -0.15) is 0 Å². The van der Waals surface area contributed by atoms with Crippen molar-refractivity contribution < 1.29 is 0 Å². The van der Waals surface area contributed by atoms with Gasteiger partial charge in [0.05, 0.1) is 44.5 Å². The molecule has 14 aromatic rings. The van der Waals surface area contributed by atoms with Crippen LogP contribution in [-0.4, -0.2) is 29.1 Å². The van der Waals surface area contributed by atoms with Crippen LogP contribution in [-0.2, 0) is 0 Å². The first kappa shape index (κ1) is 39.6. The lowest BCUT2D eigenvalue weighted by molar-refractivity contribution is 1.17. The molecule has 0 atom stereocenters. The monoisotopic (exact) mass is 892 g/mol. The van der Waals surface area contributed by atoms with Gasteiger partial charge < -0.3 is 9.13 Å². The zero-order chi connectivity index (χ0) is 46.1. The molecular weight excluding hydrogens is 853 g/mol. The Morgan fingerprint density at radius 2 is 0.571 bits per heavy atom. The van der Waals surface area contributed by atoms with Gasteiger partial charge in [0.2, 0.25) is 0 Å². The van der Waals surface area contributed by atoms with Crippen molar-refractivity contribution in [2.24, 2.45) is 0 Å². The predicted octanol–water partition coefficient (Wildman–Crippen LogP) is 16.1. The van der Waals surface area contributed by atoms with Crippen molar-refractivity contribution in [2.45, 2.75) is 0 Å². The Labute approximate surface area is 403 Å². The number of fused-ring (bicyclic) bond motifs is 8. The van der Waals surface area contributed by atoms with Crippen molar-refractivity contribution >= 4 is 65.4 Å². The van der Waals surface area contributed by atoms with E-state index in [0.29, 0.717) is 11.6 Å². The zero-order valence-corrected chi connectivity index (χ0v) is 37.8. The topological polar surface area (TPSA) is 61.4 Å². The van der Waals surface area contributed by atoms with Gasteiger partial charge in [-0.25, -0.2) is 19.9 Å². The molecule has 10 aromatic carbocycles. The number of hydrogen-bond donors (Lipinski definition) is 0. The van der Waals surface area contributed by atoms with Gasteiger partial charge in [-0.15, -0.1) is 0 Å². The molecule has 0 saturated heterocycles. The SMILES string of the molecule is c1ccc(-c2nc(-c3ccc(-n4c5ccccc5c5cc(-c6ccc7c(c6)c6ccccc6n7-c6ccc(-c7nc(-c8ccccc8)c8ccccc8n7)cc6)ccc54)cc3)nc3ccccc23)cc1. The molecule has 0 aliphatic heterocycles. The average molecular weight is 893 g/mol. The molecule has 0 unspecified atom stereocenters. The molecule has 0 radical (unpaired) electrons.